The number of pyridine rings is 1. The summed E-state index contributed by atoms with van der Waals surface area (Å²) in [5.74, 6) is 0.264. The molecule has 2 N–H and O–H groups in total. The third-order valence-electron chi connectivity index (χ3n) is 4.52. The van der Waals surface area contributed by atoms with Crippen LogP contribution in [0.15, 0.2) is 24.5 Å². The van der Waals surface area contributed by atoms with E-state index in [9.17, 15) is 4.79 Å². The molecule has 0 fully saturated rings. The number of aromatic amines is 1. The topological polar surface area (TPSA) is 88.5 Å². The Balaban J connectivity index is 1.93. The number of carbonyl (C=O) groups excluding carboxylic acids is 1. The monoisotopic (exact) mass is 356 g/mol. The first-order valence-corrected chi connectivity index (χ1v) is 8.47. The standard InChI is InChI=1S/C17H17ClN6O/c1-3-11-13(16(18)24(2)23-11)10-7-12(25)20-17-14(10)15(21-22-17)9-5-4-6-19-8-9/h4-6,8,10H,3,7H2,1-2H3,(H2,20,21,22,25). The molecule has 1 atom stereocenters. The van der Waals surface area contributed by atoms with Crippen molar-refractivity contribution in [3.05, 3.63) is 46.5 Å². The first-order valence-electron chi connectivity index (χ1n) is 8.09. The number of nitrogens with zero attached hydrogens (tertiary/aromatic N) is 4. The molecular formula is C17H17ClN6O. The Labute approximate surface area is 149 Å². The maximum absolute atomic E-state index is 12.2. The lowest BCUT2D eigenvalue weighted by atomic mass is 9.84. The molecule has 0 saturated carbocycles. The highest BCUT2D eigenvalue weighted by atomic mass is 35.5. The van der Waals surface area contributed by atoms with Crippen LogP contribution < -0.4 is 5.32 Å². The zero-order valence-electron chi connectivity index (χ0n) is 13.9. The molecule has 4 heterocycles. The Morgan fingerprint density at radius 2 is 2.24 bits per heavy atom. The molecule has 0 aromatic carbocycles. The fraction of sp³-hybridized carbons (Fsp3) is 0.294. The molecule has 0 saturated heterocycles. The van der Waals surface area contributed by atoms with Gasteiger partial charge in [-0.3, -0.25) is 19.6 Å². The van der Waals surface area contributed by atoms with Gasteiger partial charge in [-0.1, -0.05) is 18.5 Å². The van der Waals surface area contributed by atoms with Crippen LogP contribution in [0, 0.1) is 0 Å². The minimum Gasteiger partial charge on any atom is -0.309 e. The number of anilines is 1. The van der Waals surface area contributed by atoms with E-state index >= 15 is 0 Å². The highest BCUT2D eigenvalue weighted by Gasteiger charge is 2.35. The van der Waals surface area contributed by atoms with Crippen molar-refractivity contribution in [2.24, 2.45) is 7.05 Å². The van der Waals surface area contributed by atoms with Crippen molar-refractivity contribution in [1.29, 1.82) is 0 Å². The molecule has 25 heavy (non-hydrogen) atoms. The van der Waals surface area contributed by atoms with Crippen LogP contribution in [0.3, 0.4) is 0 Å². The van der Waals surface area contributed by atoms with Crippen LogP contribution in [0.4, 0.5) is 5.82 Å². The van der Waals surface area contributed by atoms with Gasteiger partial charge in [-0.15, -0.1) is 0 Å². The number of hydrogen-bond acceptors (Lipinski definition) is 4. The van der Waals surface area contributed by atoms with E-state index in [1.165, 1.54) is 0 Å². The summed E-state index contributed by atoms with van der Waals surface area (Å²) < 4.78 is 1.66. The Morgan fingerprint density at radius 3 is 2.96 bits per heavy atom. The summed E-state index contributed by atoms with van der Waals surface area (Å²) in [5, 5.41) is 15.2. The van der Waals surface area contributed by atoms with E-state index in [1.54, 1.807) is 17.1 Å². The van der Waals surface area contributed by atoms with Gasteiger partial charge >= 0.3 is 0 Å². The molecule has 7 nitrogen and oxygen atoms in total. The average Bonchev–Trinajstić information content (AvgIpc) is 3.16. The van der Waals surface area contributed by atoms with Gasteiger partial charge in [0.25, 0.3) is 0 Å². The Hall–Kier alpha value is -2.67. The summed E-state index contributed by atoms with van der Waals surface area (Å²) >= 11 is 6.53. The van der Waals surface area contributed by atoms with Crippen molar-refractivity contribution in [3.8, 4) is 11.3 Å². The molecule has 1 aliphatic heterocycles. The second-order valence-electron chi connectivity index (χ2n) is 6.04. The van der Waals surface area contributed by atoms with E-state index in [0.717, 1.165) is 34.5 Å². The second-order valence-corrected chi connectivity index (χ2v) is 6.39. The van der Waals surface area contributed by atoms with Crippen LogP contribution >= 0.6 is 11.6 Å². The van der Waals surface area contributed by atoms with Crippen molar-refractivity contribution in [3.63, 3.8) is 0 Å². The van der Waals surface area contributed by atoms with Crippen molar-refractivity contribution in [2.75, 3.05) is 5.32 Å². The minimum absolute atomic E-state index is 0.0799. The van der Waals surface area contributed by atoms with Crippen molar-refractivity contribution in [1.82, 2.24) is 25.0 Å². The van der Waals surface area contributed by atoms with Crippen LogP contribution in [0.1, 0.15) is 36.1 Å². The summed E-state index contributed by atoms with van der Waals surface area (Å²) in [6, 6.07) is 3.83. The number of halogens is 1. The smallest absolute Gasteiger partial charge is 0.226 e. The molecule has 3 aromatic rings. The van der Waals surface area contributed by atoms with Crippen molar-refractivity contribution >= 4 is 23.3 Å². The molecule has 0 radical (unpaired) electrons. The number of carbonyl (C=O) groups is 1. The van der Waals surface area contributed by atoms with Crippen LogP contribution in [-0.2, 0) is 18.3 Å². The average molecular weight is 357 g/mol. The molecule has 128 valence electrons. The van der Waals surface area contributed by atoms with Crippen LogP contribution in [-0.4, -0.2) is 30.9 Å². The lowest BCUT2D eigenvalue weighted by molar-refractivity contribution is -0.116. The molecule has 0 aliphatic carbocycles. The van der Waals surface area contributed by atoms with Gasteiger partial charge in [0.2, 0.25) is 5.91 Å². The van der Waals surface area contributed by atoms with Crippen LogP contribution in [0.5, 0.6) is 0 Å². The van der Waals surface area contributed by atoms with Crippen molar-refractivity contribution in [2.45, 2.75) is 25.7 Å². The predicted octanol–water partition coefficient (Wildman–Crippen LogP) is 2.90. The zero-order chi connectivity index (χ0) is 17.6. The quantitative estimate of drug-likeness (QED) is 0.755. The third-order valence-corrected chi connectivity index (χ3v) is 4.97. The van der Waals surface area contributed by atoms with Crippen LogP contribution in [0.2, 0.25) is 5.15 Å². The molecule has 4 rings (SSSR count). The fourth-order valence-corrected chi connectivity index (χ4v) is 3.69. The number of fused-ring (bicyclic) bond motifs is 1. The second kappa shape index (κ2) is 6.00. The van der Waals surface area contributed by atoms with Crippen molar-refractivity contribution < 1.29 is 4.79 Å². The van der Waals surface area contributed by atoms with E-state index in [2.05, 4.69) is 25.6 Å². The number of rotatable bonds is 3. The Morgan fingerprint density at radius 1 is 1.40 bits per heavy atom. The molecule has 0 spiro atoms. The van der Waals surface area contributed by atoms with Gasteiger partial charge in [-0.05, 0) is 18.6 Å². The molecular weight excluding hydrogens is 340 g/mol. The maximum Gasteiger partial charge on any atom is 0.226 e. The Kier molecular flexibility index (Phi) is 3.80. The maximum atomic E-state index is 12.2. The third kappa shape index (κ3) is 2.51. The molecule has 1 unspecified atom stereocenters. The van der Waals surface area contributed by atoms with E-state index in [0.29, 0.717) is 17.4 Å². The van der Waals surface area contributed by atoms with Gasteiger partial charge < -0.3 is 5.32 Å². The van der Waals surface area contributed by atoms with E-state index in [4.69, 9.17) is 11.6 Å². The lowest BCUT2D eigenvalue weighted by Crippen LogP contribution is -2.24. The van der Waals surface area contributed by atoms with E-state index in [1.807, 2.05) is 26.1 Å². The number of aryl methyl sites for hydroxylation is 2. The number of amides is 1. The number of aromatic nitrogens is 5. The van der Waals surface area contributed by atoms with Gasteiger partial charge in [0.1, 0.15) is 5.15 Å². The van der Waals surface area contributed by atoms with Gasteiger partial charge in [-0.2, -0.15) is 10.2 Å². The number of H-pyrrole nitrogens is 1. The van der Waals surface area contributed by atoms with E-state index in [-0.39, 0.29) is 11.8 Å². The SMILES string of the molecule is CCc1nn(C)c(Cl)c1C1CC(=O)Nc2n[nH]c(-c3cccnc3)c21. The molecule has 1 amide bonds. The Bertz CT molecular complexity index is 946. The number of nitrogens with one attached hydrogen (secondary N) is 2. The summed E-state index contributed by atoms with van der Waals surface area (Å²) in [6.45, 7) is 2.03. The molecule has 3 aromatic heterocycles. The first kappa shape index (κ1) is 15.8. The van der Waals surface area contributed by atoms with E-state index < -0.39 is 0 Å². The molecule has 1 aliphatic rings. The molecule has 8 heteroatoms. The summed E-state index contributed by atoms with van der Waals surface area (Å²) in [6.07, 6.45) is 4.53. The highest BCUT2D eigenvalue weighted by molar-refractivity contribution is 6.30. The van der Waals surface area contributed by atoms with Gasteiger partial charge in [0, 0.05) is 48.5 Å². The fourth-order valence-electron chi connectivity index (χ4n) is 3.41. The zero-order valence-corrected chi connectivity index (χ0v) is 14.6. The van der Waals surface area contributed by atoms with Gasteiger partial charge in [0.15, 0.2) is 5.82 Å². The largest absolute Gasteiger partial charge is 0.309 e. The first-order chi connectivity index (χ1) is 12.1. The number of hydrogen-bond donors (Lipinski definition) is 2. The van der Waals surface area contributed by atoms with Gasteiger partial charge in [-0.25, -0.2) is 0 Å². The van der Waals surface area contributed by atoms with Crippen LogP contribution in [0.25, 0.3) is 11.3 Å². The summed E-state index contributed by atoms with van der Waals surface area (Å²) in [7, 11) is 1.81. The minimum atomic E-state index is -0.200. The van der Waals surface area contributed by atoms with Gasteiger partial charge in [0.05, 0.1) is 11.4 Å². The lowest BCUT2D eigenvalue weighted by Gasteiger charge is -2.23. The normalized spacial score (nSPS) is 16.6. The summed E-state index contributed by atoms with van der Waals surface area (Å²) in [5.41, 5.74) is 4.48. The highest BCUT2D eigenvalue weighted by Crippen LogP contribution is 2.44. The predicted molar refractivity (Wildman–Crippen MR) is 94.5 cm³/mol. The summed E-state index contributed by atoms with van der Waals surface area (Å²) in [4.78, 5) is 16.4. The molecule has 0 bridgehead atoms.